The van der Waals surface area contributed by atoms with E-state index < -0.39 is 20.5 Å². The third kappa shape index (κ3) is 4.11. The largest absolute Gasteiger partial charge is 0.541 e. The van der Waals surface area contributed by atoms with E-state index in [2.05, 4.69) is 33.9 Å². The van der Waals surface area contributed by atoms with E-state index in [-0.39, 0.29) is 17.4 Å². The van der Waals surface area contributed by atoms with Crippen LogP contribution in [0.3, 0.4) is 0 Å². The quantitative estimate of drug-likeness (QED) is 0.651. The van der Waals surface area contributed by atoms with E-state index in [4.69, 9.17) is 13.9 Å². The standard InChI is InChI=1S/C18H28O5Si/c1-18(2,3)24(5,6)23-14-8-7-12(10-16(14)21-4)9-15-13(19)11-17(20)22-15/h7-8,10,13,15,19H,9,11H2,1-6H3/t13-,15-/m1/s1. The van der Waals surface area contributed by atoms with E-state index in [1.54, 1.807) is 7.11 Å². The number of rotatable bonds is 5. The Kier molecular flexibility index (Phi) is 5.30. The van der Waals surface area contributed by atoms with Crippen molar-refractivity contribution in [2.45, 2.75) is 64.0 Å². The van der Waals surface area contributed by atoms with Gasteiger partial charge in [0.2, 0.25) is 0 Å². The molecule has 1 aliphatic heterocycles. The van der Waals surface area contributed by atoms with Crippen molar-refractivity contribution >= 4 is 14.3 Å². The first-order valence-electron chi connectivity index (χ1n) is 8.27. The SMILES string of the molecule is COc1cc(C[C@H]2OC(=O)C[C@H]2O)ccc1O[Si](C)(C)C(C)(C)C. The van der Waals surface area contributed by atoms with Crippen LogP contribution >= 0.6 is 0 Å². The summed E-state index contributed by atoms with van der Waals surface area (Å²) in [4.78, 5) is 11.3. The molecule has 1 saturated heterocycles. The van der Waals surface area contributed by atoms with Crippen LogP contribution in [0.15, 0.2) is 18.2 Å². The van der Waals surface area contributed by atoms with E-state index in [1.165, 1.54) is 0 Å². The van der Waals surface area contributed by atoms with Crippen LogP contribution < -0.4 is 9.16 Å². The van der Waals surface area contributed by atoms with Crippen molar-refractivity contribution in [2.24, 2.45) is 0 Å². The van der Waals surface area contributed by atoms with E-state index in [0.29, 0.717) is 12.2 Å². The molecular weight excluding hydrogens is 324 g/mol. The molecule has 24 heavy (non-hydrogen) atoms. The summed E-state index contributed by atoms with van der Waals surface area (Å²) in [5.41, 5.74) is 0.938. The summed E-state index contributed by atoms with van der Waals surface area (Å²) in [6.45, 7) is 10.9. The molecule has 6 heteroatoms. The van der Waals surface area contributed by atoms with Crippen LogP contribution in [0.5, 0.6) is 11.5 Å². The van der Waals surface area contributed by atoms with Gasteiger partial charge in [-0.25, -0.2) is 0 Å². The minimum absolute atomic E-state index is 0.0639. The third-order valence-corrected chi connectivity index (χ3v) is 9.27. The maximum absolute atomic E-state index is 11.3. The smallest absolute Gasteiger partial charge is 0.308 e. The van der Waals surface area contributed by atoms with Gasteiger partial charge in [-0.05, 0) is 35.8 Å². The van der Waals surface area contributed by atoms with Crippen molar-refractivity contribution in [3.8, 4) is 11.5 Å². The number of methoxy groups -OCH3 is 1. The van der Waals surface area contributed by atoms with Crippen molar-refractivity contribution in [1.82, 2.24) is 0 Å². The summed E-state index contributed by atoms with van der Waals surface area (Å²) >= 11 is 0. The number of ether oxygens (including phenoxy) is 2. The number of aliphatic hydroxyl groups is 1. The van der Waals surface area contributed by atoms with Gasteiger partial charge in [0.25, 0.3) is 8.32 Å². The van der Waals surface area contributed by atoms with Crippen molar-refractivity contribution in [2.75, 3.05) is 7.11 Å². The number of cyclic esters (lactones) is 1. The number of carbonyl (C=O) groups excluding carboxylic acids is 1. The Hall–Kier alpha value is -1.53. The van der Waals surface area contributed by atoms with E-state index in [9.17, 15) is 9.90 Å². The fourth-order valence-electron chi connectivity index (χ4n) is 2.36. The van der Waals surface area contributed by atoms with Gasteiger partial charge in [0.1, 0.15) is 18.0 Å². The lowest BCUT2D eigenvalue weighted by Crippen LogP contribution is -2.43. The molecule has 2 atom stereocenters. The molecule has 1 N–H and O–H groups in total. The number of hydrogen-bond donors (Lipinski definition) is 1. The second-order valence-corrected chi connectivity index (χ2v) is 12.6. The highest BCUT2D eigenvalue weighted by atomic mass is 28.4. The molecule has 1 fully saturated rings. The number of benzene rings is 1. The maximum Gasteiger partial charge on any atom is 0.308 e. The van der Waals surface area contributed by atoms with E-state index in [1.807, 2.05) is 18.2 Å². The van der Waals surface area contributed by atoms with E-state index in [0.717, 1.165) is 11.3 Å². The van der Waals surface area contributed by atoms with Gasteiger partial charge in [-0.2, -0.15) is 0 Å². The van der Waals surface area contributed by atoms with Crippen LogP contribution in [0.25, 0.3) is 0 Å². The Morgan fingerprint density at radius 3 is 2.46 bits per heavy atom. The molecule has 0 amide bonds. The number of carbonyl (C=O) groups is 1. The first-order chi connectivity index (χ1) is 11.0. The lowest BCUT2D eigenvalue weighted by Gasteiger charge is -2.36. The molecule has 1 aliphatic rings. The van der Waals surface area contributed by atoms with Crippen molar-refractivity contribution in [3.05, 3.63) is 23.8 Å². The molecule has 0 aromatic heterocycles. The number of aliphatic hydroxyl groups excluding tert-OH is 1. The molecule has 134 valence electrons. The highest BCUT2D eigenvalue weighted by molar-refractivity contribution is 6.74. The Morgan fingerprint density at radius 2 is 1.96 bits per heavy atom. The molecular formula is C18H28O5Si. The molecule has 1 aromatic rings. The van der Waals surface area contributed by atoms with Gasteiger partial charge in [-0.3, -0.25) is 4.79 Å². The average molecular weight is 353 g/mol. The summed E-state index contributed by atoms with van der Waals surface area (Å²) in [6, 6.07) is 5.73. The zero-order valence-electron chi connectivity index (χ0n) is 15.4. The second kappa shape index (κ2) is 6.76. The minimum atomic E-state index is -1.96. The summed E-state index contributed by atoms with van der Waals surface area (Å²) in [5.74, 6) is 1.05. The molecule has 5 nitrogen and oxygen atoms in total. The van der Waals surface area contributed by atoms with Gasteiger partial charge in [0.05, 0.1) is 13.5 Å². The summed E-state index contributed by atoms with van der Waals surface area (Å²) in [6.07, 6.45) is -0.709. The monoisotopic (exact) mass is 352 g/mol. The zero-order valence-corrected chi connectivity index (χ0v) is 16.4. The highest BCUT2D eigenvalue weighted by Gasteiger charge is 2.39. The highest BCUT2D eigenvalue weighted by Crippen LogP contribution is 2.40. The van der Waals surface area contributed by atoms with Crippen LogP contribution in [-0.2, 0) is 16.0 Å². The number of esters is 1. The van der Waals surface area contributed by atoms with Gasteiger partial charge in [0, 0.05) is 6.42 Å². The molecule has 2 rings (SSSR count). The minimum Gasteiger partial charge on any atom is -0.541 e. The van der Waals surface area contributed by atoms with Crippen molar-refractivity contribution in [3.63, 3.8) is 0 Å². The Morgan fingerprint density at radius 1 is 1.29 bits per heavy atom. The third-order valence-electron chi connectivity index (χ3n) is 4.92. The van der Waals surface area contributed by atoms with Gasteiger partial charge >= 0.3 is 5.97 Å². The zero-order chi connectivity index (χ0) is 18.1. The maximum atomic E-state index is 11.3. The van der Waals surface area contributed by atoms with Gasteiger partial charge in [-0.1, -0.05) is 26.8 Å². The van der Waals surface area contributed by atoms with Gasteiger partial charge in [0.15, 0.2) is 5.75 Å². The second-order valence-electron chi connectivity index (χ2n) is 7.85. The summed E-state index contributed by atoms with van der Waals surface area (Å²) in [7, 11) is -0.343. The predicted molar refractivity (Wildman–Crippen MR) is 95.0 cm³/mol. The summed E-state index contributed by atoms with van der Waals surface area (Å²) in [5, 5.41) is 9.94. The van der Waals surface area contributed by atoms with Crippen LogP contribution in [0.1, 0.15) is 32.8 Å². The Bertz CT molecular complexity index is 606. The van der Waals surface area contributed by atoms with Crippen molar-refractivity contribution < 1.29 is 23.8 Å². The lowest BCUT2D eigenvalue weighted by molar-refractivity contribution is -0.141. The fraction of sp³-hybridized carbons (Fsp3) is 0.611. The first kappa shape index (κ1) is 18.8. The first-order valence-corrected chi connectivity index (χ1v) is 11.2. The molecule has 0 unspecified atom stereocenters. The average Bonchev–Trinajstić information content (AvgIpc) is 2.77. The lowest BCUT2D eigenvalue weighted by atomic mass is 10.0. The molecule has 1 heterocycles. The topological polar surface area (TPSA) is 65.0 Å². The normalized spacial score (nSPS) is 21.5. The van der Waals surface area contributed by atoms with Gasteiger partial charge in [-0.15, -0.1) is 0 Å². The summed E-state index contributed by atoms with van der Waals surface area (Å²) < 4.78 is 17.0. The predicted octanol–water partition coefficient (Wildman–Crippen LogP) is 3.30. The molecule has 0 spiro atoms. The van der Waals surface area contributed by atoms with E-state index >= 15 is 0 Å². The Labute approximate surface area is 145 Å². The molecule has 0 bridgehead atoms. The Balaban J connectivity index is 2.17. The van der Waals surface area contributed by atoms with Crippen LogP contribution in [0.2, 0.25) is 18.1 Å². The van der Waals surface area contributed by atoms with Gasteiger partial charge < -0.3 is 19.0 Å². The fourth-order valence-corrected chi connectivity index (χ4v) is 3.38. The van der Waals surface area contributed by atoms with Crippen LogP contribution in [-0.4, -0.2) is 38.7 Å². The van der Waals surface area contributed by atoms with Crippen LogP contribution in [0, 0.1) is 0 Å². The molecule has 0 radical (unpaired) electrons. The van der Waals surface area contributed by atoms with Crippen molar-refractivity contribution in [1.29, 1.82) is 0 Å². The van der Waals surface area contributed by atoms with Crippen LogP contribution in [0.4, 0.5) is 0 Å². The molecule has 1 aromatic carbocycles. The molecule has 0 aliphatic carbocycles. The number of hydrogen-bond acceptors (Lipinski definition) is 5. The molecule has 0 saturated carbocycles.